The average molecular weight is 195 g/mol. The van der Waals surface area contributed by atoms with Gasteiger partial charge in [-0.25, -0.2) is 5.01 Å². The summed E-state index contributed by atoms with van der Waals surface area (Å²) >= 11 is 0. The van der Waals surface area contributed by atoms with Gasteiger partial charge in [0.1, 0.15) is 0 Å². The summed E-state index contributed by atoms with van der Waals surface area (Å²) in [6.45, 7) is 0. The molecule has 1 aromatic rings. The number of benzene rings is 1. The largest absolute Gasteiger partial charge is 0.222 e. The predicted octanol–water partition coefficient (Wildman–Crippen LogP) is 1.30. The monoisotopic (exact) mass is 195 g/mol. The molecule has 0 N–H and O–H groups in total. The molecule has 0 saturated carbocycles. The van der Waals surface area contributed by atoms with E-state index in [1.165, 1.54) is 0 Å². The van der Waals surface area contributed by atoms with E-state index < -0.39 is 0 Å². The van der Waals surface area contributed by atoms with Gasteiger partial charge < -0.3 is 0 Å². The highest BCUT2D eigenvalue weighted by Gasteiger charge is 2.08. The Morgan fingerprint density at radius 2 is 2.00 bits per heavy atom. The summed E-state index contributed by atoms with van der Waals surface area (Å²) in [7, 11) is 0. The van der Waals surface area contributed by atoms with Crippen LogP contribution in [0.4, 0.5) is 0 Å². The maximum Gasteiger partial charge on any atom is 0.0741 e. The maximum absolute atomic E-state index is 4.09. The SMILES string of the molecule is C1=CC2=c3ccccc3=CN=NN2C=C1. The Bertz CT molecular complexity index is 594. The second kappa shape index (κ2) is 3.20. The molecule has 0 saturated heterocycles. The van der Waals surface area contributed by atoms with Crippen LogP contribution in [0.1, 0.15) is 0 Å². The van der Waals surface area contributed by atoms with Crippen LogP contribution < -0.4 is 10.4 Å². The Labute approximate surface area is 87.0 Å². The number of nitrogens with zero attached hydrogens (tertiary/aromatic N) is 3. The van der Waals surface area contributed by atoms with Crippen molar-refractivity contribution in [3.8, 4) is 0 Å². The molecule has 2 aliphatic rings. The first-order valence-corrected chi connectivity index (χ1v) is 4.79. The molecule has 0 unspecified atom stereocenters. The third kappa shape index (κ3) is 1.29. The topological polar surface area (TPSA) is 28.0 Å². The summed E-state index contributed by atoms with van der Waals surface area (Å²) < 4.78 is 0. The first-order chi connectivity index (χ1) is 7.45. The van der Waals surface area contributed by atoms with Gasteiger partial charge in [0.05, 0.1) is 11.9 Å². The number of allylic oxidation sites excluding steroid dienone is 2. The molecule has 0 bridgehead atoms. The molecular formula is C12H9N3. The van der Waals surface area contributed by atoms with Gasteiger partial charge in [-0.05, 0) is 12.2 Å². The van der Waals surface area contributed by atoms with Crippen molar-refractivity contribution in [2.45, 2.75) is 0 Å². The molecule has 72 valence electrons. The van der Waals surface area contributed by atoms with Gasteiger partial charge in [-0.15, -0.1) is 5.11 Å². The lowest BCUT2D eigenvalue weighted by molar-refractivity contribution is 0.534. The van der Waals surface area contributed by atoms with Crippen LogP contribution in [0.15, 0.2) is 59.0 Å². The fraction of sp³-hybridized carbons (Fsp3) is 0. The van der Waals surface area contributed by atoms with Crippen LogP contribution in [0.5, 0.6) is 0 Å². The summed E-state index contributed by atoms with van der Waals surface area (Å²) in [6, 6.07) is 8.14. The highest BCUT2D eigenvalue weighted by Crippen LogP contribution is 2.13. The molecule has 0 fully saturated rings. The Balaban J connectivity index is 2.43. The van der Waals surface area contributed by atoms with E-state index in [-0.39, 0.29) is 0 Å². The molecule has 0 atom stereocenters. The minimum Gasteiger partial charge on any atom is -0.222 e. The van der Waals surface area contributed by atoms with Crippen LogP contribution in [-0.4, -0.2) is 5.01 Å². The first-order valence-electron chi connectivity index (χ1n) is 4.79. The fourth-order valence-corrected chi connectivity index (χ4v) is 1.71. The van der Waals surface area contributed by atoms with E-state index in [0.717, 1.165) is 16.1 Å². The van der Waals surface area contributed by atoms with Crippen LogP contribution in [0.2, 0.25) is 0 Å². The lowest BCUT2D eigenvalue weighted by atomic mass is 10.2. The van der Waals surface area contributed by atoms with E-state index in [1.54, 1.807) is 11.2 Å². The standard InChI is InChI=1S/C12H9N3/c1-2-6-11-10(5-1)9-13-14-15-8-4-3-7-12(11)15/h1-9H. The molecular weight excluding hydrogens is 186 g/mol. The van der Waals surface area contributed by atoms with Gasteiger partial charge in [0.2, 0.25) is 0 Å². The molecule has 0 aliphatic carbocycles. The van der Waals surface area contributed by atoms with Crippen molar-refractivity contribution < 1.29 is 0 Å². The van der Waals surface area contributed by atoms with Crippen molar-refractivity contribution in [1.82, 2.24) is 5.01 Å². The normalized spacial score (nSPS) is 16.8. The molecule has 0 spiro atoms. The first kappa shape index (κ1) is 8.17. The van der Waals surface area contributed by atoms with E-state index in [1.807, 2.05) is 42.6 Å². The van der Waals surface area contributed by atoms with Crippen LogP contribution >= 0.6 is 0 Å². The van der Waals surface area contributed by atoms with Crippen molar-refractivity contribution in [3.05, 3.63) is 59.1 Å². The van der Waals surface area contributed by atoms with Gasteiger partial charge in [-0.2, -0.15) is 0 Å². The van der Waals surface area contributed by atoms with E-state index >= 15 is 0 Å². The smallest absolute Gasteiger partial charge is 0.0741 e. The molecule has 0 amide bonds. The molecule has 3 heteroatoms. The Morgan fingerprint density at radius 3 is 3.00 bits per heavy atom. The number of rotatable bonds is 0. The third-order valence-electron chi connectivity index (χ3n) is 2.42. The molecule has 3 rings (SSSR count). The zero-order valence-corrected chi connectivity index (χ0v) is 8.04. The van der Waals surface area contributed by atoms with E-state index in [9.17, 15) is 0 Å². The fourth-order valence-electron chi connectivity index (χ4n) is 1.71. The van der Waals surface area contributed by atoms with Gasteiger partial charge in [-0.1, -0.05) is 35.6 Å². The minimum absolute atomic E-state index is 1.06. The summed E-state index contributed by atoms with van der Waals surface area (Å²) in [6.07, 6.45) is 9.66. The zero-order valence-electron chi connectivity index (χ0n) is 8.04. The Morgan fingerprint density at radius 1 is 1.07 bits per heavy atom. The molecule has 0 radical (unpaired) electrons. The van der Waals surface area contributed by atoms with E-state index in [4.69, 9.17) is 0 Å². The van der Waals surface area contributed by atoms with Gasteiger partial charge in [-0.3, -0.25) is 0 Å². The van der Waals surface area contributed by atoms with Crippen molar-refractivity contribution >= 4 is 11.9 Å². The second-order valence-electron chi connectivity index (χ2n) is 3.35. The molecule has 2 heterocycles. The van der Waals surface area contributed by atoms with Crippen molar-refractivity contribution in [1.29, 1.82) is 0 Å². The van der Waals surface area contributed by atoms with Crippen molar-refractivity contribution in [2.24, 2.45) is 10.3 Å². The van der Waals surface area contributed by atoms with Gasteiger partial charge in [0, 0.05) is 16.6 Å². The van der Waals surface area contributed by atoms with Crippen LogP contribution in [0.25, 0.3) is 11.9 Å². The molecule has 15 heavy (non-hydrogen) atoms. The molecule has 3 nitrogen and oxygen atoms in total. The Kier molecular flexibility index (Phi) is 1.75. The predicted molar refractivity (Wildman–Crippen MR) is 58.5 cm³/mol. The lowest BCUT2D eigenvalue weighted by Gasteiger charge is -2.15. The molecule has 2 aliphatic heterocycles. The Hall–Kier alpha value is -2.16. The highest BCUT2D eigenvalue weighted by atomic mass is 15.5. The minimum atomic E-state index is 1.06. The summed E-state index contributed by atoms with van der Waals surface area (Å²) in [4.78, 5) is 0. The maximum atomic E-state index is 4.09. The quantitative estimate of drug-likeness (QED) is 0.613. The van der Waals surface area contributed by atoms with Crippen LogP contribution in [0, 0.1) is 0 Å². The summed E-state index contributed by atoms with van der Waals surface area (Å²) in [5.74, 6) is 0. The van der Waals surface area contributed by atoms with E-state index in [0.29, 0.717) is 0 Å². The summed E-state index contributed by atoms with van der Waals surface area (Å²) in [5.41, 5.74) is 1.06. The van der Waals surface area contributed by atoms with Gasteiger partial charge in [0.15, 0.2) is 0 Å². The number of fused-ring (bicyclic) bond motifs is 2. The average Bonchev–Trinajstić information content (AvgIpc) is 2.48. The van der Waals surface area contributed by atoms with Gasteiger partial charge in [0.25, 0.3) is 0 Å². The van der Waals surface area contributed by atoms with Crippen LogP contribution in [-0.2, 0) is 0 Å². The van der Waals surface area contributed by atoms with E-state index in [2.05, 4.69) is 16.4 Å². The number of hydrogen-bond donors (Lipinski definition) is 0. The summed E-state index contributed by atoms with van der Waals surface area (Å²) in [5, 5.41) is 12.1. The second-order valence-corrected chi connectivity index (χ2v) is 3.35. The van der Waals surface area contributed by atoms with Gasteiger partial charge >= 0.3 is 0 Å². The molecule has 1 aromatic carbocycles. The lowest BCUT2D eigenvalue weighted by Crippen LogP contribution is -2.29. The van der Waals surface area contributed by atoms with Crippen molar-refractivity contribution in [3.63, 3.8) is 0 Å². The van der Waals surface area contributed by atoms with Crippen LogP contribution in [0.3, 0.4) is 0 Å². The molecule has 0 aromatic heterocycles. The highest BCUT2D eigenvalue weighted by molar-refractivity contribution is 5.59. The van der Waals surface area contributed by atoms with Crippen molar-refractivity contribution in [2.75, 3.05) is 0 Å². The zero-order chi connectivity index (χ0) is 10.1. The third-order valence-corrected chi connectivity index (χ3v) is 2.42. The number of hydrogen-bond acceptors (Lipinski definition) is 3.